The highest BCUT2D eigenvalue weighted by Crippen LogP contribution is 2.23. The third-order valence-electron chi connectivity index (χ3n) is 2.67. The van der Waals surface area contributed by atoms with Crippen LogP contribution in [-0.2, 0) is 23.1 Å². The van der Waals surface area contributed by atoms with E-state index in [1.807, 2.05) is 18.2 Å². The van der Waals surface area contributed by atoms with Gasteiger partial charge >= 0.3 is 0 Å². The van der Waals surface area contributed by atoms with Crippen molar-refractivity contribution in [2.45, 2.75) is 19.2 Å². The lowest BCUT2D eigenvalue weighted by molar-refractivity contribution is 0.686. The van der Waals surface area contributed by atoms with Crippen LogP contribution in [0.4, 0.5) is 5.69 Å². The van der Waals surface area contributed by atoms with Gasteiger partial charge in [-0.1, -0.05) is 11.6 Å². The molecule has 0 fully saturated rings. The minimum absolute atomic E-state index is 0.493. The van der Waals surface area contributed by atoms with Gasteiger partial charge in [-0.2, -0.15) is 0 Å². The van der Waals surface area contributed by atoms with Crippen LogP contribution in [-0.4, -0.2) is 10.5 Å². The van der Waals surface area contributed by atoms with E-state index in [2.05, 4.69) is 24.4 Å². The summed E-state index contributed by atoms with van der Waals surface area (Å²) in [5.74, 6) is 0.493. The maximum atomic E-state index is 11.3. The molecular weight excluding hydrogens is 298 g/mol. The Morgan fingerprint density at radius 1 is 1.32 bits per heavy atom. The maximum Gasteiger partial charge on any atom is 0.0498 e. The summed E-state index contributed by atoms with van der Waals surface area (Å²) in [6, 6.07) is 10.0. The molecule has 2 aromatic rings. The van der Waals surface area contributed by atoms with E-state index in [1.54, 1.807) is 17.6 Å². The molecule has 0 aliphatic carbocycles. The van der Waals surface area contributed by atoms with Crippen molar-refractivity contribution in [1.29, 1.82) is 0 Å². The Bertz CT molecular complexity index is 595. The molecule has 0 aliphatic rings. The van der Waals surface area contributed by atoms with E-state index < -0.39 is 10.8 Å². The summed E-state index contributed by atoms with van der Waals surface area (Å²) in [6.07, 6.45) is 1.69. The van der Waals surface area contributed by atoms with Gasteiger partial charge < -0.3 is 5.32 Å². The van der Waals surface area contributed by atoms with E-state index in [-0.39, 0.29) is 0 Å². The van der Waals surface area contributed by atoms with E-state index >= 15 is 0 Å². The van der Waals surface area contributed by atoms with Gasteiger partial charge in [-0.05, 0) is 42.8 Å². The molecule has 0 amide bonds. The van der Waals surface area contributed by atoms with Crippen molar-refractivity contribution in [1.82, 2.24) is 0 Å². The Balaban J connectivity index is 2.06. The molecule has 0 bridgehead atoms. The molecule has 0 aliphatic heterocycles. The molecule has 0 saturated carbocycles. The van der Waals surface area contributed by atoms with Crippen molar-refractivity contribution in [3.8, 4) is 0 Å². The van der Waals surface area contributed by atoms with Crippen LogP contribution in [0, 0.1) is 6.92 Å². The van der Waals surface area contributed by atoms with Crippen LogP contribution < -0.4 is 5.32 Å². The SMILES string of the molecule is Cc1ccc(CNc2ccc(Cl)c(C[S@](C)=O)c2)s1. The Labute approximate surface area is 125 Å². The zero-order valence-corrected chi connectivity index (χ0v) is 13.3. The van der Waals surface area contributed by atoms with Gasteiger partial charge in [0, 0.05) is 49.8 Å². The number of aryl methyl sites for hydroxylation is 1. The molecule has 0 saturated heterocycles. The lowest BCUT2D eigenvalue weighted by atomic mass is 10.2. The maximum absolute atomic E-state index is 11.3. The fourth-order valence-electron chi connectivity index (χ4n) is 1.78. The third kappa shape index (κ3) is 4.34. The number of rotatable bonds is 5. The fourth-order valence-corrected chi connectivity index (χ4v) is 3.55. The van der Waals surface area contributed by atoms with Crippen molar-refractivity contribution >= 4 is 39.4 Å². The van der Waals surface area contributed by atoms with Gasteiger partial charge in [0.1, 0.15) is 0 Å². The molecule has 0 unspecified atom stereocenters. The molecule has 1 atom stereocenters. The molecule has 2 rings (SSSR count). The zero-order chi connectivity index (χ0) is 13.8. The van der Waals surface area contributed by atoms with Gasteiger partial charge in [-0.15, -0.1) is 11.3 Å². The van der Waals surface area contributed by atoms with E-state index in [4.69, 9.17) is 11.6 Å². The Hall–Kier alpha value is -0.840. The summed E-state index contributed by atoms with van der Waals surface area (Å²) in [7, 11) is -0.882. The summed E-state index contributed by atoms with van der Waals surface area (Å²) in [5, 5.41) is 4.04. The first-order valence-corrected chi connectivity index (χ1v) is 8.84. The van der Waals surface area contributed by atoms with Gasteiger partial charge in [0.15, 0.2) is 0 Å². The predicted molar refractivity (Wildman–Crippen MR) is 85.6 cm³/mol. The number of hydrogen-bond acceptors (Lipinski definition) is 3. The van der Waals surface area contributed by atoms with Crippen molar-refractivity contribution in [2.24, 2.45) is 0 Å². The summed E-state index contributed by atoms with van der Waals surface area (Å²) in [6.45, 7) is 2.90. The summed E-state index contributed by atoms with van der Waals surface area (Å²) in [4.78, 5) is 2.61. The van der Waals surface area contributed by atoms with E-state index in [9.17, 15) is 4.21 Å². The van der Waals surface area contributed by atoms with Crippen molar-refractivity contribution in [2.75, 3.05) is 11.6 Å². The number of hydrogen-bond donors (Lipinski definition) is 1. The molecule has 1 heterocycles. The summed E-state index contributed by atoms with van der Waals surface area (Å²) < 4.78 is 11.3. The average Bonchev–Trinajstić information content (AvgIpc) is 2.75. The predicted octanol–water partition coefficient (Wildman–Crippen LogP) is 4.20. The second kappa shape index (κ2) is 6.55. The van der Waals surface area contributed by atoms with Crippen molar-refractivity contribution in [3.63, 3.8) is 0 Å². The van der Waals surface area contributed by atoms with Gasteiger partial charge in [0.25, 0.3) is 0 Å². The van der Waals surface area contributed by atoms with Gasteiger partial charge in [0.05, 0.1) is 0 Å². The lowest BCUT2D eigenvalue weighted by Gasteiger charge is -2.08. The first-order valence-electron chi connectivity index (χ1n) is 5.92. The van der Waals surface area contributed by atoms with Gasteiger partial charge in [0.2, 0.25) is 0 Å². The highest BCUT2D eigenvalue weighted by Gasteiger charge is 2.04. The first-order chi connectivity index (χ1) is 9.04. The van der Waals surface area contributed by atoms with E-state index in [0.29, 0.717) is 10.8 Å². The molecular formula is C14H16ClNOS2. The van der Waals surface area contributed by atoms with Crippen LogP contribution in [0.1, 0.15) is 15.3 Å². The summed E-state index contributed by atoms with van der Waals surface area (Å²) >= 11 is 7.89. The molecule has 0 spiro atoms. The minimum Gasteiger partial charge on any atom is -0.380 e. The third-order valence-corrected chi connectivity index (χ3v) is 4.75. The number of benzene rings is 1. The van der Waals surface area contributed by atoms with Gasteiger partial charge in [-0.25, -0.2) is 0 Å². The number of nitrogens with one attached hydrogen (secondary N) is 1. The summed E-state index contributed by atoms with van der Waals surface area (Å²) in [5.41, 5.74) is 1.94. The van der Waals surface area contributed by atoms with Crippen LogP contribution in [0.15, 0.2) is 30.3 Å². The van der Waals surface area contributed by atoms with E-state index in [0.717, 1.165) is 17.8 Å². The van der Waals surface area contributed by atoms with Crippen LogP contribution >= 0.6 is 22.9 Å². The van der Waals surface area contributed by atoms with E-state index in [1.165, 1.54) is 9.75 Å². The van der Waals surface area contributed by atoms with Crippen LogP contribution in [0.5, 0.6) is 0 Å². The Morgan fingerprint density at radius 2 is 2.11 bits per heavy atom. The lowest BCUT2D eigenvalue weighted by Crippen LogP contribution is -1.99. The largest absolute Gasteiger partial charge is 0.380 e. The zero-order valence-electron chi connectivity index (χ0n) is 10.9. The standard InChI is InChI=1S/C14H16ClNOS2/c1-10-3-5-13(18-10)8-16-12-4-6-14(15)11(7-12)9-19(2)17/h3-7,16H,8-9H2,1-2H3/t19-/m0/s1. The van der Waals surface area contributed by atoms with Crippen LogP contribution in [0.2, 0.25) is 5.02 Å². The highest BCUT2D eigenvalue weighted by molar-refractivity contribution is 7.83. The molecule has 0 radical (unpaired) electrons. The van der Waals surface area contributed by atoms with Crippen LogP contribution in [0.25, 0.3) is 0 Å². The smallest absolute Gasteiger partial charge is 0.0498 e. The normalized spacial score (nSPS) is 12.4. The second-order valence-corrected chi connectivity index (χ2v) is 7.60. The highest BCUT2D eigenvalue weighted by atomic mass is 35.5. The Morgan fingerprint density at radius 3 is 2.74 bits per heavy atom. The first kappa shape index (κ1) is 14.6. The molecule has 1 aromatic carbocycles. The number of thiophene rings is 1. The number of halogens is 1. The molecule has 2 nitrogen and oxygen atoms in total. The number of anilines is 1. The fraction of sp³-hybridized carbons (Fsp3) is 0.286. The average molecular weight is 314 g/mol. The molecule has 5 heteroatoms. The minimum atomic E-state index is -0.882. The van der Waals surface area contributed by atoms with Gasteiger partial charge in [-0.3, -0.25) is 4.21 Å². The van der Waals surface area contributed by atoms with Crippen LogP contribution in [0.3, 0.4) is 0 Å². The molecule has 19 heavy (non-hydrogen) atoms. The monoisotopic (exact) mass is 313 g/mol. The molecule has 102 valence electrons. The topological polar surface area (TPSA) is 29.1 Å². The van der Waals surface area contributed by atoms with Crippen molar-refractivity contribution in [3.05, 3.63) is 50.7 Å². The Kier molecular flexibility index (Phi) is 5.02. The second-order valence-electron chi connectivity index (χ2n) is 4.39. The quantitative estimate of drug-likeness (QED) is 0.896. The van der Waals surface area contributed by atoms with Crippen molar-refractivity contribution < 1.29 is 4.21 Å². The molecule has 1 aromatic heterocycles. The molecule has 1 N–H and O–H groups in total.